The SMILES string of the molecule is Cc1cc2c(-c3cccc4ccccc34)cccc2[cH-]1.Cc1cc2c(-c3cccc4ccccc34)cccc2[cH-]1.Cl.Cl.[CH2-]CCC[Si](Cl)(Cl)Cl.[CH2-]CCC[Si](Cl)(Cl)Cl.[Si]=[Zr]. The molecule has 0 bridgehead atoms. The molecule has 0 aromatic heterocycles. The molecule has 0 nitrogen and oxygen atoms in total. The van der Waals surface area contributed by atoms with E-state index in [9.17, 15) is 0 Å². The van der Waals surface area contributed by atoms with E-state index in [0.29, 0.717) is 0 Å². The molecule has 0 spiro atoms. The van der Waals surface area contributed by atoms with Gasteiger partial charge < -0.3 is 13.8 Å². The van der Waals surface area contributed by atoms with Crippen LogP contribution in [0.25, 0.3) is 65.3 Å². The average molecular weight is 1080 g/mol. The number of unbranched alkanes of at least 4 members (excludes halogenated alkanes) is 2. The van der Waals surface area contributed by atoms with Crippen molar-refractivity contribution in [2.75, 3.05) is 0 Å². The number of hydrogen-bond donors (Lipinski definition) is 0. The fourth-order valence-corrected chi connectivity index (χ4v) is 10.5. The van der Waals surface area contributed by atoms with E-state index in [2.05, 4.69) is 180 Å². The van der Waals surface area contributed by atoms with Crippen LogP contribution in [0.15, 0.2) is 146 Å². The van der Waals surface area contributed by atoms with Crippen molar-refractivity contribution >= 4 is 153 Å². The summed E-state index contributed by atoms with van der Waals surface area (Å²) < 4.78 is 0. The zero-order valence-electron chi connectivity index (χ0n) is 33.6. The monoisotopic (exact) mass is 1080 g/mol. The number of fused-ring (bicyclic) bond motifs is 4. The molecular weight excluding hydrogens is 1040 g/mol. The van der Waals surface area contributed by atoms with Crippen molar-refractivity contribution < 1.29 is 23.3 Å². The first-order valence-corrected chi connectivity index (χ1v) is 33.7. The van der Waals surface area contributed by atoms with E-state index >= 15 is 0 Å². The van der Waals surface area contributed by atoms with E-state index in [1.54, 1.807) is 0 Å². The fourth-order valence-electron chi connectivity index (χ4n) is 6.81. The van der Waals surface area contributed by atoms with Crippen molar-refractivity contribution in [2.24, 2.45) is 0 Å². The zero-order chi connectivity index (χ0) is 42.3. The molecule has 316 valence electrons. The Morgan fingerprint density at radius 2 is 0.767 bits per heavy atom. The van der Waals surface area contributed by atoms with Crippen molar-refractivity contribution in [1.29, 1.82) is 0 Å². The predicted octanol–water partition coefficient (Wildman–Crippen LogP) is 18.3. The van der Waals surface area contributed by atoms with E-state index in [1.807, 2.05) is 0 Å². The summed E-state index contributed by atoms with van der Waals surface area (Å²) in [7, 11) is 0. The van der Waals surface area contributed by atoms with Gasteiger partial charge in [0.15, 0.2) is 0 Å². The van der Waals surface area contributed by atoms with E-state index < -0.39 is 12.0 Å². The van der Waals surface area contributed by atoms with Gasteiger partial charge in [-0.3, -0.25) is 0 Å². The first kappa shape index (κ1) is 55.0. The molecule has 0 unspecified atom stereocenters. The second-order valence-electron chi connectivity index (χ2n) is 13.9. The van der Waals surface area contributed by atoms with Crippen LogP contribution in [0.4, 0.5) is 0 Å². The first-order chi connectivity index (χ1) is 27.8. The predicted molar refractivity (Wildman–Crippen MR) is 280 cm³/mol. The molecule has 0 saturated heterocycles. The van der Waals surface area contributed by atoms with Crippen molar-refractivity contribution in [1.82, 2.24) is 0 Å². The van der Waals surface area contributed by atoms with E-state index in [1.165, 1.54) is 99.8 Å². The van der Waals surface area contributed by atoms with Crippen LogP contribution in [-0.4, -0.2) is 18.9 Å². The van der Waals surface area contributed by atoms with Crippen LogP contribution in [0.1, 0.15) is 36.8 Å². The van der Waals surface area contributed by atoms with Crippen LogP contribution in [0.2, 0.25) is 12.1 Å². The molecule has 0 heterocycles. The third-order valence-electron chi connectivity index (χ3n) is 9.37. The van der Waals surface area contributed by atoms with Crippen LogP contribution >= 0.6 is 91.3 Å². The molecule has 0 aliphatic rings. The number of benzene rings is 6. The molecule has 8 aromatic carbocycles. The summed E-state index contributed by atoms with van der Waals surface area (Å²) in [4.78, 5) is 0. The van der Waals surface area contributed by atoms with Gasteiger partial charge in [-0.2, -0.15) is 25.0 Å². The summed E-state index contributed by atoms with van der Waals surface area (Å²) in [5.74, 6) is 0. The molecule has 0 fully saturated rings. The molecule has 8 aromatic rings. The Morgan fingerprint density at radius 1 is 0.467 bits per heavy atom. The van der Waals surface area contributed by atoms with E-state index in [0.717, 1.165) is 37.8 Å². The second-order valence-corrected chi connectivity index (χ2v) is 32.4. The summed E-state index contributed by atoms with van der Waals surface area (Å²) in [6.07, 6.45) is 3.59. The van der Waals surface area contributed by atoms with Gasteiger partial charge in [0.05, 0.1) is 0 Å². The van der Waals surface area contributed by atoms with Gasteiger partial charge in [-0.15, -0.1) is 160 Å². The summed E-state index contributed by atoms with van der Waals surface area (Å²) in [5.41, 5.74) is 7.94. The van der Waals surface area contributed by atoms with Crippen molar-refractivity contribution in [3.05, 3.63) is 171 Å². The second kappa shape index (κ2) is 27.3. The minimum absolute atomic E-state index is 0. The molecule has 12 heteroatoms. The van der Waals surface area contributed by atoms with Gasteiger partial charge in [-0.1, -0.05) is 135 Å². The Hall–Kier alpha value is -1.09. The van der Waals surface area contributed by atoms with Gasteiger partial charge in [-0.25, -0.2) is 0 Å². The number of aryl methyl sites for hydroxylation is 2. The summed E-state index contributed by atoms with van der Waals surface area (Å²) in [6, 6.07) is 49.4. The molecule has 0 aliphatic carbocycles. The maximum atomic E-state index is 5.55. The van der Waals surface area contributed by atoms with Gasteiger partial charge in [0.2, 0.25) is 0 Å². The minimum atomic E-state index is -2.30. The standard InChI is InChI=1S/2C20H15.2C4H8Cl3Si.2ClH.Si.Zr/c2*1-14-12-16-8-5-11-19(20(16)13-14)18-10-4-7-15-6-2-3-9-17(15)18;2*1-2-3-4-8(5,6)7;;;;/h2*2-13H,1H3;2*1-4H2;2*1H;;/q4*-1;;;;. The van der Waals surface area contributed by atoms with Gasteiger partial charge in [0.1, 0.15) is 0 Å². The van der Waals surface area contributed by atoms with Crippen LogP contribution in [0.3, 0.4) is 0 Å². The summed E-state index contributed by atoms with van der Waals surface area (Å²) >= 11 is 34.7. The van der Waals surface area contributed by atoms with Crippen molar-refractivity contribution in [3.63, 3.8) is 0 Å². The number of halogens is 8. The Balaban J connectivity index is 0.000000292. The molecule has 0 saturated carbocycles. The van der Waals surface area contributed by atoms with Crippen LogP contribution < -0.4 is 0 Å². The molecule has 0 amide bonds. The molecule has 60 heavy (non-hydrogen) atoms. The Kier molecular flexibility index (Phi) is 25.0. The number of rotatable bonds is 8. The molecule has 0 atom stereocenters. The average Bonchev–Trinajstić information content (AvgIpc) is 3.80. The van der Waals surface area contributed by atoms with Gasteiger partial charge in [0, 0.05) is 0 Å². The quantitative estimate of drug-likeness (QED) is 0.0808. The summed E-state index contributed by atoms with van der Waals surface area (Å²) in [6.45, 7) is 14.7. The number of hydrogen-bond acceptors (Lipinski definition) is 0. The molecular formula is C48H48Cl8Si3Zr-4. The first-order valence-electron chi connectivity index (χ1n) is 19.0. The Bertz CT molecular complexity index is 2320. The third kappa shape index (κ3) is 16.8. The van der Waals surface area contributed by atoms with Crippen molar-refractivity contribution in [2.45, 2.75) is 51.6 Å². The van der Waals surface area contributed by atoms with Gasteiger partial charge >= 0.3 is 42.2 Å². The normalized spacial score (nSPS) is 10.8. The Labute approximate surface area is 416 Å². The van der Waals surface area contributed by atoms with E-state index in [-0.39, 0.29) is 24.8 Å². The molecule has 8 rings (SSSR count). The van der Waals surface area contributed by atoms with Crippen molar-refractivity contribution in [3.8, 4) is 22.3 Å². The third-order valence-corrected chi connectivity index (χ3v) is 14.6. The van der Waals surface area contributed by atoms with Crippen LogP contribution in [0, 0.1) is 27.7 Å². The van der Waals surface area contributed by atoms with Crippen LogP contribution in [0.5, 0.6) is 0 Å². The van der Waals surface area contributed by atoms with E-state index in [4.69, 9.17) is 66.5 Å². The maximum absolute atomic E-state index is 5.55. The summed E-state index contributed by atoms with van der Waals surface area (Å²) in [5, 5.41) is 10.6. The van der Waals surface area contributed by atoms with Crippen LogP contribution in [-0.2, 0) is 23.3 Å². The Morgan fingerprint density at radius 3 is 1.08 bits per heavy atom. The fraction of sp³-hybridized carbons (Fsp3) is 0.167. The van der Waals surface area contributed by atoms with Gasteiger partial charge in [-0.05, 0) is 44.8 Å². The zero-order valence-corrected chi connectivity index (χ0v) is 45.2. The molecule has 0 aliphatic heterocycles. The van der Waals surface area contributed by atoms with Gasteiger partial charge in [0.25, 0.3) is 0 Å². The molecule has 0 N–H and O–H groups in total. The topological polar surface area (TPSA) is 0 Å². The molecule has 2 radical (unpaired) electrons.